The fourth-order valence-electron chi connectivity index (χ4n) is 5.06. The third-order valence-electron chi connectivity index (χ3n) is 7.56. The Morgan fingerprint density at radius 3 is 2.29 bits per heavy atom. The zero-order valence-electron chi connectivity index (χ0n) is 24.1. The van der Waals surface area contributed by atoms with Crippen LogP contribution in [-0.2, 0) is 24.2 Å². The van der Waals surface area contributed by atoms with Gasteiger partial charge in [-0.15, -0.1) is 0 Å². The van der Waals surface area contributed by atoms with Crippen LogP contribution in [0, 0.1) is 13.8 Å². The van der Waals surface area contributed by atoms with Gasteiger partial charge >= 0.3 is 0 Å². The van der Waals surface area contributed by atoms with Gasteiger partial charge in [0, 0.05) is 37.0 Å². The lowest BCUT2D eigenvalue weighted by Gasteiger charge is -2.26. The second kappa shape index (κ2) is 13.3. The molecule has 3 aromatic rings. The summed E-state index contributed by atoms with van der Waals surface area (Å²) in [4.78, 5) is 7.51. The van der Waals surface area contributed by atoms with Gasteiger partial charge in [0.2, 0.25) is 0 Å². The van der Waals surface area contributed by atoms with E-state index in [0.717, 1.165) is 79.7 Å². The van der Waals surface area contributed by atoms with Crippen LogP contribution in [-0.4, -0.2) is 49.3 Å². The molecule has 204 valence electrons. The first-order valence-electron chi connectivity index (χ1n) is 14.2. The molecule has 5 nitrogen and oxygen atoms in total. The van der Waals surface area contributed by atoms with Gasteiger partial charge in [0.05, 0.1) is 24.5 Å². The number of aryl methyl sites for hydroxylation is 4. The summed E-state index contributed by atoms with van der Waals surface area (Å²) in [6.45, 7) is 18.4. The van der Waals surface area contributed by atoms with Gasteiger partial charge in [0.25, 0.3) is 0 Å². The molecule has 2 aromatic carbocycles. The number of hydrogen-bond acceptors (Lipinski definition) is 5. The number of morpholine rings is 1. The highest BCUT2D eigenvalue weighted by molar-refractivity contribution is 5.70. The summed E-state index contributed by atoms with van der Waals surface area (Å²) in [5, 5.41) is 0. The molecule has 0 bridgehead atoms. The highest BCUT2D eigenvalue weighted by Crippen LogP contribution is 2.34. The largest absolute Gasteiger partial charge is 0.492 e. The summed E-state index contributed by atoms with van der Waals surface area (Å²) in [5.74, 6) is 2.24. The SMILES string of the molecule is CCc1cccc(CC)c1-c1cc(OCCN2CCOCC2)c(COc2cc(C(C)C)ccc2C)c(C)n1. The number of rotatable bonds is 11. The van der Waals surface area contributed by atoms with E-state index in [4.69, 9.17) is 19.2 Å². The third-order valence-corrected chi connectivity index (χ3v) is 7.56. The fraction of sp³-hybridized carbons (Fsp3) is 0.485. The van der Waals surface area contributed by atoms with Crippen molar-refractivity contribution in [2.45, 2.75) is 66.9 Å². The Bertz CT molecular complexity index is 1190. The maximum atomic E-state index is 6.51. The van der Waals surface area contributed by atoms with E-state index in [1.54, 1.807) is 0 Å². The van der Waals surface area contributed by atoms with Crippen molar-refractivity contribution in [3.63, 3.8) is 0 Å². The quantitative estimate of drug-likeness (QED) is 0.277. The summed E-state index contributed by atoms with van der Waals surface area (Å²) in [6, 6.07) is 15.2. The fourth-order valence-corrected chi connectivity index (χ4v) is 5.06. The van der Waals surface area contributed by atoms with Crippen molar-refractivity contribution >= 4 is 0 Å². The standard InChI is InChI=1S/C33H44N2O3/c1-7-26-10-9-11-27(8-2)33(26)30-21-32(37-19-16-35-14-17-36-18-15-35)29(25(6)34-30)22-38-31-20-28(23(3)4)13-12-24(31)5/h9-13,20-21,23H,7-8,14-19,22H2,1-6H3. The van der Waals surface area contributed by atoms with Crippen molar-refractivity contribution in [1.82, 2.24) is 9.88 Å². The smallest absolute Gasteiger partial charge is 0.129 e. The second-order valence-corrected chi connectivity index (χ2v) is 10.5. The molecule has 1 aliphatic rings. The van der Waals surface area contributed by atoms with Crippen molar-refractivity contribution in [3.8, 4) is 22.8 Å². The van der Waals surface area contributed by atoms with Crippen LogP contribution < -0.4 is 9.47 Å². The summed E-state index contributed by atoms with van der Waals surface area (Å²) in [6.07, 6.45) is 1.93. The molecule has 1 aliphatic heterocycles. The molecule has 0 atom stereocenters. The molecule has 0 unspecified atom stereocenters. The minimum absolute atomic E-state index is 0.421. The Morgan fingerprint density at radius 2 is 1.63 bits per heavy atom. The van der Waals surface area contributed by atoms with Crippen LogP contribution in [0.25, 0.3) is 11.3 Å². The van der Waals surface area contributed by atoms with Gasteiger partial charge in [0.15, 0.2) is 0 Å². The minimum Gasteiger partial charge on any atom is -0.492 e. The molecule has 2 heterocycles. The predicted molar refractivity (Wildman–Crippen MR) is 156 cm³/mol. The lowest BCUT2D eigenvalue weighted by atomic mass is 9.94. The highest BCUT2D eigenvalue weighted by Gasteiger charge is 2.18. The Balaban J connectivity index is 1.66. The zero-order valence-corrected chi connectivity index (χ0v) is 24.1. The average Bonchev–Trinajstić information content (AvgIpc) is 2.93. The normalized spacial score (nSPS) is 14.2. The Hall–Kier alpha value is -2.89. The predicted octanol–water partition coefficient (Wildman–Crippen LogP) is 6.90. The molecule has 0 spiro atoms. The number of hydrogen-bond donors (Lipinski definition) is 0. The van der Waals surface area contributed by atoms with E-state index < -0.39 is 0 Å². The van der Waals surface area contributed by atoms with Crippen LogP contribution in [0.2, 0.25) is 0 Å². The van der Waals surface area contributed by atoms with Crippen LogP contribution in [0.15, 0.2) is 42.5 Å². The van der Waals surface area contributed by atoms with Crippen LogP contribution >= 0.6 is 0 Å². The van der Waals surface area contributed by atoms with Gasteiger partial charge in [-0.25, -0.2) is 0 Å². The molecule has 0 N–H and O–H groups in total. The monoisotopic (exact) mass is 516 g/mol. The van der Waals surface area contributed by atoms with Gasteiger partial charge in [-0.2, -0.15) is 0 Å². The molecule has 5 heteroatoms. The molecule has 4 rings (SSSR count). The van der Waals surface area contributed by atoms with E-state index in [1.807, 2.05) is 0 Å². The Kier molecular flexibility index (Phi) is 9.81. The number of nitrogens with zero attached hydrogens (tertiary/aromatic N) is 2. The van der Waals surface area contributed by atoms with Gasteiger partial charge in [0.1, 0.15) is 24.7 Å². The van der Waals surface area contributed by atoms with Crippen LogP contribution in [0.4, 0.5) is 0 Å². The summed E-state index contributed by atoms with van der Waals surface area (Å²) < 4.78 is 18.4. The van der Waals surface area contributed by atoms with E-state index >= 15 is 0 Å². The Morgan fingerprint density at radius 1 is 0.921 bits per heavy atom. The van der Waals surface area contributed by atoms with E-state index in [0.29, 0.717) is 19.1 Å². The topological polar surface area (TPSA) is 43.8 Å². The lowest BCUT2D eigenvalue weighted by Crippen LogP contribution is -2.38. The Labute approximate surface area is 229 Å². The van der Waals surface area contributed by atoms with E-state index in [2.05, 4.69) is 88.9 Å². The van der Waals surface area contributed by atoms with Crippen LogP contribution in [0.5, 0.6) is 11.5 Å². The zero-order chi connectivity index (χ0) is 27.1. The molecule has 0 radical (unpaired) electrons. The molecule has 1 aromatic heterocycles. The second-order valence-electron chi connectivity index (χ2n) is 10.5. The van der Waals surface area contributed by atoms with E-state index in [-0.39, 0.29) is 0 Å². The van der Waals surface area contributed by atoms with Crippen molar-refractivity contribution in [3.05, 3.63) is 76.0 Å². The molecular weight excluding hydrogens is 472 g/mol. The number of aromatic nitrogens is 1. The molecule has 0 saturated carbocycles. The first-order chi connectivity index (χ1) is 18.4. The summed E-state index contributed by atoms with van der Waals surface area (Å²) in [7, 11) is 0. The van der Waals surface area contributed by atoms with Gasteiger partial charge in [-0.3, -0.25) is 9.88 Å². The van der Waals surface area contributed by atoms with Crippen molar-refractivity contribution in [2.75, 3.05) is 39.5 Å². The van der Waals surface area contributed by atoms with E-state index in [9.17, 15) is 0 Å². The van der Waals surface area contributed by atoms with Gasteiger partial charge in [-0.1, -0.05) is 58.0 Å². The average molecular weight is 517 g/mol. The molecular formula is C33H44N2O3. The van der Waals surface area contributed by atoms with Gasteiger partial charge in [-0.05, 0) is 60.9 Å². The first kappa shape index (κ1) is 28.1. The van der Waals surface area contributed by atoms with Crippen LogP contribution in [0.3, 0.4) is 0 Å². The molecule has 38 heavy (non-hydrogen) atoms. The maximum Gasteiger partial charge on any atom is 0.129 e. The molecule has 1 fully saturated rings. The van der Waals surface area contributed by atoms with Crippen molar-refractivity contribution in [1.29, 1.82) is 0 Å². The minimum atomic E-state index is 0.421. The third kappa shape index (κ3) is 6.75. The molecule has 0 amide bonds. The maximum absolute atomic E-state index is 6.51. The number of ether oxygens (including phenoxy) is 3. The summed E-state index contributed by atoms with van der Waals surface area (Å²) in [5.41, 5.74) is 9.25. The molecule has 1 saturated heterocycles. The highest BCUT2D eigenvalue weighted by atomic mass is 16.5. The summed E-state index contributed by atoms with van der Waals surface area (Å²) >= 11 is 0. The molecule has 0 aliphatic carbocycles. The van der Waals surface area contributed by atoms with Crippen LogP contribution in [0.1, 0.15) is 67.1 Å². The number of benzene rings is 2. The lowest BCUT2D eigenvalue weighted by molar-refractivity contribution is 0.0321. The van der Waals surface area contributed by atoms with E-state index in [1.165, 1.54) is 22.3 Å². The number of pyridine rings is 1. The first-order valence-corrected chi connectivity index (χ1v) is 14.2. The van der Waals surface area contributed by atoms with Gasteiger partial charge < -0.3 is 14.2 Å². The van der Waals surface area contributed by atoms with Crippen molar-refractivity contribution in [2.24, 2.45) is 0 Å². The van der Waals surface area contributed by atoms with Crippen molar-refractivity contribution < 1.29 is 14.2 Å².